The highest BCUT2D eigenvalue weighted by atomic mass is 79.9. The molecule has 0 spiro atoms. The molecule has 14 heavy (non-hydrogen) atoms. The smallest absolute Gasteiger partial charge is 0.115 e. The number of aliphatic hydroxyl groups is 1. The summed E-state index contributed by atoms with van der Waals surface area (Å²) in [5, 5.41) is 10.0. The van der Waals surface area contributed by atoms with Crippen LogP contribution in [0.15, 0.2) is 17.0 Å². The van der Waals surface area contributed by atoms with Gasteiger partial charge in [0.05, 0.1) is 16.3 Å². The van der Waals surface area contributed by atoms with Crippen LogP contribution in [-0.2, 0) is 0 Å². The van der Waals surface area contributed by atoms with Crippen LogP contribution in [0.5, 0.6) is 0 Å². The van der Waals surface area contributed by atoms with Crippen LogP contribution >= 0.6 is 15.9 Å². The summed E-state index contributed by atoms with van der Waals surface area (Å²) in [5.41, 5.74) is 0.668. The van der Waals surface area contributed by atoms with Crippen LogP contribution in [0, 0.1) is 11.8 Å². The van der Waals surface area contributed by atoms with E-state index in [1.165, 1.54) is 6.33 Å². The molecule has 4 heteroatoms. The van der Waals surface area contributed by atoms with Gasteiger partial charge in [-0.25, -0.2) is 9.97 Å². The van der Waals surface area contributed by atoms with Gasteiger partial charge in [0.1, 0.15) is 6.33 Å². The van der Waals surface area contributed by atoms with Crippen LogP contribution in [0.2, 0.25) is 0 Å². The summed E-state index contributed by atoms with van der Waals surface area (Å²) in [5.74, 6) is 0.605. The van der Waals surface area contributed by atoms with Crippen LogP contribution in [-0.4, -0.2) is 15.1 Å². The van der Waals surface area contributed by atoms with Crippen molar-refractivity contribution >= 4 is 15.9 Å². The zero-order valence-corrected chi connectivity index (χ0v) is 10.2. The highest BCUT2D eigenvalue weighted by Crippen LogP contribution is 2.29. The van der Waals surface area contributed by atoms with E-state index in [0.29, 0.717) is 11.6 Å². The molecule has 1 aromatic rings. The molecule has 0 saturated carbocycles. The van der Waals surface area contributed by atoms with Gasteiger partial charge in [0.15, 0.2) is 0 Å². The van der Waals surface area contributed by atoms with Crippen molar-refractivity contribution in [1.29, 1.82) is 0 Å². The van der Waals surface area contributed by atoms with Crippen molar-refractivity contribution in [2.45, 2.75) is 26.9 Å². The number of hydrogen-bond acceptors (Lipinski definition) is 3. The highest BCUT2D eigenvalue weighted by Gasteiger charge is 2.22. The lowest BCUT2D eigenvalue weighted by atomic mass is 9.90. The Morgan fingerprint density at radius 2 is 2.00 bits per heavy atom. The summed E-state index contributed by atoms with van der Waals surface area (Å²) in [4.78, 5) is 7.94. The molecule has 0 saturated heterocycles. The molecule has 1 rings (SSSR count). The number of rotatable bonds is 3. The molecule has 0 aliphatic heterocycles. The Morgan fingerprint density at radius 3 is 2.50 bits per heavy atom. The molecule has 1 heterocycles. The third-order valence-corrected chi connectivity index (χ3v) is 3.14. The van der Waals surface area contributed by atoms with Gasteiger partial charge in [-0.1, -0.05) is 20.8 Å². The molecular weight excluding hydrogens is 244 g/mol. The fourth-order valence-corrected chi connectivity index (χ4v) is 1.61. The van der Waals surface area contributed by atoms with Crippen molar-refractivity contribution in [1.82, 2.24) is 9.97 Å². The predicted molar refractivity (Wildman–Crippen MR) is 58.7 cm³/mol. The first-order valence-electron chi connectivity index (χ1n) is 4.67. The molecule has 2 atom stereocenters. The summed E-state index contributed by atoms with van der Waals surface area (Å²) in [6, 6.07) is 0. The number of aliphatic hydroxyl groups excluding tert-OH is 1. The lowest BCUT2D eigenvalue weighted by Gasteiger charge is -2.22. The zero-order chi connectivity index (χ0) is 10.7. The van der Waals surface area contributed by atoms with Crippen molar-refractivity contribution in [3.05, 3.63) is 22.7 Å². The van der Waals surface area contributed by atoms with E-state index in [0.717, 1.165) is 4.47 Å². The van der Waals surface area contributed by atoms with Gasteiger partial charge in [-0.05, 0) is 27.8 Å². The molecule has 1 aromatic heterocycles. The van der Waals surface area contributed by atoms with Crippen molar-refractivity contribution in [2.75, 3.05) is 0 Å². The lowest BCUT2D eigenvalue weighted by Crippen LogP contribution is -2.16. The van der Waals surface area contributed by atoms with Crippen LogP contribution in [0.3, 0.4) is 0 Å². The van der Waals surface area contributed by atoms with E-state index >= 15 is 0 Å². The highest BCUT2D eigenvalue weighted by molar-refractivity contribution is 9.10. The van der Waals surface area contributed by atoms with Gasteiger partial charge in [0.2, 0.25) is 0 Å². The van der Waals surface area contributed by atoms with Gasteiger partial charge in [-0.15, -0.1) is 0 Å². The standard InChI is InChI=1S/C10H15BrN2O/c1-6(2)7(3)10(14)9-8(11)4-12-5-13-9/h4-7,10,14H,1-3H3. The minimum absolute atomic E-state index is 0.182. The average Bonchev–Trinajstić information content (AvgIpc) is 2.16. The summed E-state index contributed by atoms with van der Waals surface area (Å²) >= 11 is 3.33. The molecule has 3 nitrogen and oxygen atoms in total. The molecule has 0 aliphatic carbocycles. The van der Waals surface area contributed by atoms with E-state index in [1.54, 1.807) is 6.20 Å². The van der Waals surface area contributed by atoms with E-state index in [9.17, 15) is 5.11 Å². The van der Waals surface area contributed by atoms with Crippen molar-refractivity contribution in [3.63, 3.8) is 0 Å². The first-order chi connectivity index (χ1) is 6.54. The Kier molecular flexibility index (Phi) is 4.01. The first-order valence-corrected chi connectivity index (χ1v) is 5.46. The zero-order valence-electron chi connectivity index (χ0n) is 8.61. The molecule has 2 unspecified atom stereocenters. The quantitative estimate of drug-likeness (QED) is 0.907. The molecule has 0 aliphatic rings. The Bertz CT molecular complexity index is 304. The number of aromatic nitrogens is 2. The van der Waals surface area contributed by atoms with Gasteiger partial charge in [-0.2, -0.15) is 0 Å². The number of halogens is 1. The molecule has 78 valence electrons. The summed E-state index contributed by atoms with van der Waals surface area (Å²) < 4.78 is 0.764. The van der Waals surface area contributed by atoms with Gasteiger partial charge in [0, 0.05) is 6.20 Å². The van der Waals surface area contributed by atoms with E-state index in [4.69, 9.17) is 0 Å². The maximum absolute atomic E-state index is 10.0. The molecule has 0 fully saturated rings. The van der Waals surface area contributed by atoms with Crippen molar-refractivity contribution < 1.29 is 5.11 Å². The van der Waals surface area contributed by atoms with Crippen LogP contribution in [0.4, 0.5) is 0 Å². The molecule has 0 aromatic carbocycles. The monoisotopic (exact) mass is 258 g/mol. The SMILES string of the molecule is CC(C)C(C)C(O)c1ncncc1Br. The Balaban J connectivity index is 2.89. The Morgan fingerprint density at radius 1 is 1.36 bits per heavy atom. The summed E-state index contributed by atoms with van der Waals surface area (Å²) in [7, 11) is 0. The van der Waals surface area contributed by atoms with Crippen LogP contribution in [0.1, 0.15) is 32.6 Å². The minimum atomic E-state index is -0.535. The van der Waals surface area contributed by atoms with Crippen molar-refractivity contribution in [2.24, 2.45) is 11.8 Å². The van der Waals surface area contributed by atoms with Crippen LogP contribution in [0.25, 0.3) is 0 Å². The van der Waals surface area contributed by atoms with E-state index < -0.39 is 6.10 Å². The fraction of sp³-hybridized carbons (Fsp3) is 0.600. The van der Waals surface area contributed by atoms with Gasteiger partial charge in [-0.3, -0.25) is 0 Å². The van der Waals surface area contributed by atoms with Gasteiger partial charge in [0.25, 0.3) is 0 Å². The Labute approximate surface area is 92.7 Å². The summed E-state index contributed by atoms with van der Waals surface area (Å²) in [6.45, 7) is 6.19. The van der Waals surface area contributed by atoms with E-state index in [1.807, 2.05) is 6.92 Å². The summed E-state index contributed by atoms with van der Waals surface area (Å²) in [6.07, 6.45) is 2.57. The molecule has 1 N–H and O–H groups in total. The van der Waals surface area contributed by atoms with E-state index in [2.05, 4.69) is 39.7 Å². The molecule has 0 bridgehead atoms. The first kappa shape index (κ1) is 11.6. The van der Waals surface area contributed by atoms with Crippen molar-refractivity contribution in [3.8, 4) is 0 Å². The molecule has 0 amide bonds. The van der Waals surface area contributed by atoms with Crippen LogP contribution < -0.4 is 0 Å². The third kappa shape index (κ3) is 2.51. The average molecular weight is 259 g/mol. The largest absolute Gasteiger partial charge is 0.386 e. The minimum Gasteiger partial charge on any atom is -0.386 e. The second-order valence-electron chi connectivity index (χ2n) is 3.80. The normalized spacial score (nSPS) is 15.6. The lowest BCUT2D eigenvalue weighted by molar-refractivity contribution is 0.0874. The maximum Gasteiger partial charge on any atom is 0.115 e. The Hall–Kier alpha value is -0.480. The van der Waals surface area contributed by atoms with Gasteiger partial charge < -0.3 is 5.11 Å². The second-order valence-corrected chi connectivity index (χ2v) is 4.66. The third-order valence-electron chi connectivity index (χ3n) is 2.53. The van der Waals surface area contributed by atoms with Gasteiger partial charge >= 0.3 is 0 Å². The number of hydrogen-bond donors (Lipinski definition) is 1. The van der Waals surface area contributed by atoms with E-state index in [-0.39, 0.29) is 5.92 Å². The predicted octanol–water partition coefficient (Wildman–Crippen LogP) is 2.56. The fourth-order valence-electron chi connectivity index (χ4n) is 1.15. The topological polar surface area (TPSA) is 46.0 Å². The molecular formula is C10H15BrN2O. The molecule has 0 radical (unpaired) electrons. The number of nitrogens with zero attached hydrogens (tertiary/aromatic N) is 2. The maximum atomic E-state index is 10.0. The second kappa shape index (κ2) is 4.84.